The lowest BCUT2D eigenvalue weighted by molar-refractivity contribution is -0.118. The standard InChI is InChI=1S/C13H15F2NO/c1-3-4-7(2)11-9-5-8(14)6-10(15)12(9)16-13(11)17/h5-7,11H,3-4H2,1-2H3,(H,16,17). The first-order chi connectivity index (χ1) is 8.04. The van der Waals surface area contributed by atoms with Crippen LogP contribution in [0.3, 0.4) is 0 Å². The van der Waals surface area contributed by atoms with Crippen molar-refractivity contribution in [3.05, 3.63) is 29.3 Å². The highest BCUT2D eigenvalue weighted by Gasteiger charge is 2.36. The Balaban J connectivity index is 2.42. The minimum Gasteiger partial charge on any atom is -0.323 e. The molecule has 2 rings (SSSR count). The second-order valence-electron chi connectivity index (χ2n) is 4.58. The second-order valence-corrected chi connectivity index (χ2v) is 4.58. The third-order valence-electron chi connectivity index (χ3n) is 3.26. The van der Waals surface area contributed by atoms with Gasteiger partial charge in [0.1, 0.15) is 11.6 Å². The van der Waals surface area contributed by atoms with E-state index in [9.17, 15) is 13.6 Å². The smallest absolute Gasteiger partial charge is 0.232 e. The van der Waals surface area contributed by atoms with E-state index in [2.05, 4.69) is 5.32 Å². The zero-order valence-corrected chi connectivity index (χ0v) is 9.89. The molecule has 0 fully saturated rings. The number of benzene rings is 1. The molecule has 1 heterocycles. The van der Waals surface area contributed by atoms with Gasteiger partial charge in [0.05, 0.1) is 11.6 Å². The van der Waals surface area contributed by atoms with Crippen LogP contribution in [0.5, 0.6) is 0 Å². The van der Waals surface area contributed by atoms with E-state index in [1.54, 1.807) is 0 Å². The number of hydrogen-bond acceptors (Lipinski definition) is 1. The topological polar surface area (TPSA) is 29.1 Å². The van der Waals surface area contributed by atoms with Crippen molar-refractivity contribution in [3.8, 4) is 0 Å². The summed E-state index contributed by atoms with van der Waals surface area (Å²) < 4.78 is 26.7. The Morgan fingerprint density at radius 2 is 2.12 bits per heavy atom. The van der Waals surface area contributed by atoms with Crippen molar-refractivity contribution in [1.82, 2.24) is 0 Å². The molecule has 17 heavy (non-hydrogen) atoms. The van der Waals surface area contributed by atoms with Crippen LogP contribution in [0.25, 0.3) is 0 Å². The van der Waals surface area contributed by atoms with Gasteiger partial charge in [-0.25, -0.2) is 8.78 Å². The predicted octanol–water partition coefficient (Wildman–Crippen LogP) is 3.44. The van der Waals surface area contributed by atoms with Crippen LogP contribution in [0.1, 0.15) is 38.2 Å². The molecule has 2 unspecified atom stereocenters. The lowest BCUT2D eigenvalue weighted by Crippen LogP contribution is -2.18. The van der Waals surface area contributed by atoms with Crippen molar-refractivity contribution in [2.45, 2.75) is 32.6 Å². The summed E-state index contributed by atoms with van der Waals surface area (Å²) in [4.78, 5) is 11.8. The molecule has 0 bridgehead atoms. The Hall–Kier alpha value is -1.45. The molecule has 2 nitrogen and oxygen atoms in total. The number of carbonyl (C=O) groups excluding carboxylic acids is 1. The molecule has 1 aromatic rings. The molecule has 0 saturated carbocycles. The van der Waals surface area contributed by atoms with Gasteiger partial charge >= 0.3 is 0 Å². The third-order valence-corrected chi connectivity index (χ3v) is 3.26. The van der Waals surface area contributed by atoms with Crippen LogP contribution in [0.4, 0.5) is 14.5 Å². The molecule has 1 aliphatic heterocycles. The highest BCUT2D eigenvalue weighted by atomic mass is 19.1. The molecule has 1 aliphatic rings. The van der Waals surface area contributed by atoms with Crippen molar-refractivity contribution in [2.24, 2.45) is 5.92 Å². The summed E-state index contributed by atoms with van der Waals surface area (Å²) in [7, 11) is 0. The van der Waals surface area contributed by atoms with Gasteiger partial charge in [0, 0.05) is 6.07 Å². The van der Waals surface area contributed by atoms with Crippen LogP contribution in [0, 0.1) is 17.6 Å². The molecule has 0 saturated heterocycles. The highest BCUT2D eigenvalue weighted by Crippen LogP contribution is 2.40. The Labute approximate surface area is 99.0 Å². The van der Waals surface area contributed by atoms with E-state index in [1.807, 2.05) is 13.8 Å². The van der Waals surface area contributed by atoms with Gasteiger partial charge in [0.2, 0.25) is 5.91 Å². The van der Waals surface area contributed by atoms with Crippen molar-refractivity contribution in [3.63, 3.8) is 0 Å². The van der Waals surface area contributed by atoms with Crippen LogP contribution in [-0.2, 0) is 4.79 Å². The maximum Gasteiger partial charge on any atom is 0.232 e. The minimum atomic E-state index is -0.695. The summed E-state index contributed by atoms with van der Waals surface area (Å²) in [5.74, 6) is -1.91. The largest absolute Gasteiger partial charge is 0.323 e. The summed E-state index contributed by atoms with van der Waals surface area (Å²) in [5, 5.41) is 2.50. The molecule has 0 spiro atoms. The van der Waals surface area contributed by atoms with Crippen molar-refractivity contribution < 1.29 is 13.6 Å². The first-order valence-electron chi connectivity index (χ1n) is 5.84. The van der Waals surface area contributed by atoms with Gasteiger partial charge in [-0.3, -0.25) is 4.79 Å². The van der Waals surface area contributed by atoms with Crippen molar-refractivity contribution >= 4 is 11.6 Å². The lowest BCUT2D eigenvalue weighted by atomic mass is 9.85. The number of nitrogens with one attached hydrogen (secondary N) is 1. The van der Waals surface area contributed by atoms with E-state index in [0.29, 0.717) is 5.56 Å². The fraction of sp³-hybridized carbons (Fsp3) is 0.462. The zero-order chi connectivity index (χ0) is 12.6. The van der Waals surface area contributed by atoms with Gasteiger partial charge in [0.25, 0.3) is 0 Å². The van der Waals surface area contributed by atoms with E-state index in [0.717, 1.165) is 18.9 Å². The minimum absolute atomic E-state index is 0.0856. The van der Waals surface area contributed by atoms with E-state index in [4.69, 9.17) is 0 Å². The number of fused-ring (bicyclic) bond motifs is 1. The highest BCUT2D eigenvalue weighted by molar-refractivity contribution is 6.03. The summed E-state index contributed by atoms with van der Waals surface area (Å²) in [5.41, 5.74) is 0.595. The molecule has 0 aliphatic carbocycles. The van der Waals surface area contributed by atoms with Gasteiger partial charge < -0.3 is 5.32 Å². The molecule has 92 valence electrons. The van der Waals surface area contributed by atoms with Gasteiger partial charge in [-0.1, -0.05) is 20.3 Å². The predicted molar refractivity (Wildman–Crippen MR) is 61.8 cm³/mol. The number of halogens is 2. The monoisotopic (exact) mass is 239 g/mol. The van der Waals surface area contributed by atoms with Crippen molar-refractivity contribution in [2.75, 3.05) is 5.32 Å². The molecule has 1 aromatic carbocycles. The number of rotatable bonds is 3. The Morgan fingerprint density at radius 3 is 2.76 bits per heavy atom. The van der Waals surface area contributed by atoms with Gasteiger partial charge in [-0.15, -0.1) is 0 Å². The third kappa shape index (κ3) is 2.04. The van der Waals surface area contributed by atoms with E-state index >= 15 is 0 Å². The normalized spacial score (nSPS) is 20.0. The van der Waals surface area contributed by atoms with Crippen LogP contribution in [0.15, 0.2) is 12.1 Å². The quantitative estimate of drug-likeness (QED) is 0.860. The molecule has 2 atom stereocenters. The summed E-state index contributed by atoms with van der Waals surface area (Å²) in [6, 6.07) is 2.05. The fourth-order valence-corrected chi connectivity index (χ4v) is 2.50. The number of carbonyl (C=O) groups is 1. The summed E-state index contributed by atoms with van der Waals surface area (Å²) in [6.07, 6.45) is 1.80. The first kappa shape index (κ1) is 12.0. The first-order valence-corrected chi connectivity index (χ1v) is 5.84. The number of amides is 1. The molecular weight excluding hydrogens is 224 g/mol. The van der Waals surface area contributed by atoms with E-state index < -0.39 is 17.6 Å². The lowest BCUT2D eigenvalue weighted by Gasteiger charge is -2.16. The SMILES string of the molecule is CCCC(C)C1C(=O)Nc2c(F)cc(F)cc21. The Kier molecular flexibility index (Phi) is 3.13. The van der Waals surface area contributed by atoms with Crippen LogP contribution in [-0.4, -0.2) is 5.91 Å². The van der Waals surface area contributed by atoms with E-state index in [1.165, 1.54) is 6.07 Å². The molecule has 4 heteroatoms. The maximum absolute atomic E-state index is 13.5. The van der Waals surface area contributed by atoms with Crippen LogP contribution in [0.2, 0.25) is 0 Å². The average Bonchev–Trinajstić information content (AvgIpc) is 2.55. The van der Waals surface area contributed by atoms with E-state index in [-0.39, 0.29) is 17.5 Å². The van der Waals surface area contributed by atoms with Crippen molar-refractivity contribution in [1.29, 1.82) is 0 Å². The average molecular weight is 239 g/mol. The Morgan fingerprint density at radius 1 is 1.41 bits per heavy atom. The second kappa shape index (κ2) is 4.43. The maximum atomic E-state index is 13.5. The summed E-state index contributed by atoms with van der Waals surface area (Å²) in [6.45, 7) is 3.96. The summed E-state index contributed by atoms with van der Waals surface area (Å²) >= 11 is 0. The molecule has 1 amide bonds. The van der Waals surface area contributed by atoms with Gasteiger partial charge in [-0.05, 0) is 24.0 Å². The zero-order valence-electron chi connectivity index (χ0n) is 9.89. The molecule has 0 aromatic heterocycles. The van der Waals surface area contributed by atoms with Crippen LogP contribution >= 0.6 is 0 Å². The Bertz CT molecular complexity index is 459. The molecular formula is C13H15F2NO. The van der Waals surface area contributed by atoms with Gasteiger partial charge in [0.15, 0.2) is 0 Å². The molecule has 1 N–H and O–H groups in total. The number of anilines is 1. The molecule has 0 radical (unpaired) electrons. The van der Waals surface area contributed by atoms with Gasteiger partial charge in [-0.2, -0.15) is 0 Å². The van der Waals surface area contributed by atoms with Crippen LogP contribution < -0.4 is 5.32 Å². The fourth-order valence-electron chi connectivity index (χ4n) is 2.50. The number of hydrogen-bond donors (Lipinski definition) is 1.